The lowest BCUT2D eigenvalue weighted by Gasteiger charge is -2.15. The van der Waals surface area contributed by atoms with E-state index in [0.29, 0.717) is 5.95 Å². The molecule has 5 heteroatoms. The fourth-order valence-corrected chi connectivity index (χ4v) is 3.45. The van der Waals surface area contributed by atoms with Crippen LogP contribution in [0.2, 0.25) is 0 Å². The van der Waals surface area contributed by atoms with Gasteiger partial charge in [0.25, 0.3) is 0 Å². The lowest BCUT2D eigenvalue weighted by Crippen LogP contribution is -2.10. The number of hydrogen-bond donors (Lipinski definition) is 1. The number of aromatic nitrogens is 4. The molecule has 0 unspecified atom stereocenters. The zero-order valence-electron chi connectivity index (χ0n) is 15.4. The third-order valence-electron chi connectivity index (χ3n) is 4.96. The summed E-state index contributed by atoms with van der Waals surface area (Å²) in [5, 5.41) is 5.89. The minimum atomic E-state index is 0.0828. The van der Waals surface area contributed by atoms with E-state index in [1.54, 1.807) is 12.5 Å². The first-order valence-corrected chi connectivity index (χ1v) is 9.29. The molecule has 0 aliphatic rings. The summed E-state index contributed by atoms with van der Waals surface area (Å²) in [5.41, 5.74) is 3.16. The van der Waals surface area contributed by atoms with Gasteiger partial charge in [-0.15, -0.1) is 0 Å². The highest BCUT2D eigenvalue weighted by Crippen LogP contribution is 2.23. The van der Waals surface area contributed by atoms with E-state index < -0.39 is 0 Å². The molecule has 0 amide bonds. The van der Waals surface area contributed by atoms with E-state index in [-0.39, 0.29) is 6.04 Å². The molecule has 1 atom stereocenters. The molecule has 2 aromatic heterocycles. The standard InChI is InChI=1S/C23H19N5/c1-16(18-11-10-17-6-2-3-7-19(17)14-18)26-23-24-13-12-22(27-23)28-15-25-20-8-4-5-9-21(20)28/h2-16H,1H3,(H,24,26,27)/t16-/m0/s1. The average molecular weight is 365 g/mol. The first-order valence-electron chi connectivity index (χ1n) is 9.29. The fourth-order valence-electron chi connectivity index (χ4n) is 3.45. The van der Waals surface area contributed by atoms with Crippen LogP contribution in [0.1, 0.15) is 18.5 Å². The Morgan fingerprint density at radius 3 is 2.61 bits per heavy atom. The van der Waals surface area contributed by atoms with Crippen molar-refractivity contribution in [1.29, 1.82) is 0 Å². The van der Waals surface area contributed by atoms with Gasteiger partial charge in [0.1, 0.15) is 12.1 Å². The molecule has 5 aromatic rings. The highest BCUT2D eigenvalue weighted by atomic mass is 15.2. The Morgan fingerprint density at radius 2 is 1.68 bits per heavy atom. The van der Waals surface area contributed by atoms with E-state index in [1.807, 2.05) is 34.9 Å². The van der Waals surface area contributed by atoms with Gasteiger partial charge in [0.2, 0.25) is 5.95 Å². The number of benzene rings is 3. The Kier molecular flexibility index (Phi) is 3.98. The molecule has 3 aromatic carbocycles. The Labute approximate surface area is 162 Å². The van der Waals surface area contributed by atoms with E-state index in [0.717, 1.165) is 16.9 Å². The highest BCUT2D eigenvalue weighted by Gasteiger charge is 2.10. The van der Waals surface area contributed by atoms with Crippen molar-refractivity contribution in [2.75, 3.05) is 5.32 Å². The molecule has 0 bridgehead atoms. The first kappa shape index (κ1) is 16.4. The summed E-state index contributed by atoms with van der Waals surface area (Å²) in [4.78, 5) is 13.5. The Balaban J connectivity index is 1.44. The van der Waals surface area contributed by atoms with Crippen molar-refractivity contribution in [2.24, 2.45) is 0 Å². The molecule has 28 heavy (non-hydrogen) atoms. The molecule has 0 aliphatic heterocycles. The summed E-state index contributed by atoms with van der Waals surface area (Å²) in [6, 6.07) is 24.9. The van der Waals surface area contributed by atoms with Gasteiger partial charge in [-0.2, -0.15) is 4.98 Å². The molecule has 0 radical (unpaired) electrons. The molecule has 1 N–H and O–H groups in total. The lowest BCUT2D eigenvalue weighted by atomic mass is 10.0. The van der Waals surface area contributed by atoms with Crippen LogP contribution in [-0.2, 0) is 0 Å². The third kappa shape index (κ3) is 2.97. The normalized spacial score (nSPS) is 12.3. The maximum Gasteiger partial charge on any atom is 0.225 e. The summed E-state index contributed by atoms with van der Waals surface area (Å²) in [7, 11) is 0. The quantitative estimate of drug-likeness (QED) is 0.479. The highest BCUT2D eigenvalue weighted by molar-refractivity contribution is 5.83. The van der Waals surface area contributed by atoms with Crippen LogP contribution in [-0.4, -0.2) is 19.5 Å². The van der Waals surface area contributed by atoms with E-state index in [4.69, 9.17) is 4.98 Å². The van der Waals surface area contributed by atoms with Gasteiger partial charge in [-0.05, 0) is 47.5 Å². The van der Waals surface area contributed by atoms with E-state index in [2.05, 4.69) is 64.7 Å². The molecule has 0 saturated heterocycles. The monoisotopic (exact) mass is 365 g/mol. The summed E-state index contributed by atoms with van der Waals surface area (Å²) in [6.07, 6.45) is 3.57. The second-order valence-corrected chi connectivity index (χ2v) is 6.81. The van der Waals surface area contributed by atoms with Crippen molar-refractivity contribution in [1.82, 2.24) is 19.5 Å². The van der Waals surface area contributed by atoms with Crippen LogP contribution in [0.5, 0.6) is 0 Å². The van der Waals surface area contributed by atoms with Crippen LogP contribution in [0.15, 0.2) is 85.3 Å². The van der Waals surface area contributed by atoms with Crippen LogP contribution < -0.4 is 5.32 Å². The van der Waals surface area contributed by atoms with Crippen molar-refractivity contribution >= 4 is 27.8 Å². The number of rotatable bonds is 4. The number of anilines is 1. The number of imidazole rings is 1. The Hall–Kier alpha value is -3.73. The number of fused-ring (bicyclic) bond motifs is 2. The van der Waals surface area contributed by atoms with Crippen molar-refractivity contribution in [3.63, 3.8) is 0 Å². The Bertz CT molecular complexity index is 1270. The van der Waals surface area contributed by atoms with Gasteiger partial charge >= 0.3 is 0 Å². The van der Waals surface area contributed by atoms with Gasteiger partial charge in [-0.1, -0.05) is 48.5 Å². The van der Waals surface area contributed by atoms with Crippen molar-refractivity contribution in [3.05, 3.63) is 90.9 Å². The molecule has 5 rings (SSSR count). The van der Waals surface area contributed by atoms with Crippen LogP contribution in [0.25, 0.3) is 27.6 Å². The van der Waals surface area contributed by atoms with Crippen LogP contribution in [0.4, 0.5) is 5.95 Å². The maximum absolute atomic E-state index is 4.69. The molecular formula is C23H19N5. The van der Waals surface area contributed by atoms with Gasteiger partial charge in [0.15, 0.2) is 0 Å². The summed E-state index contributed by atoms with van der Waals surface area (Å²) in [6.45, 7) is 2.12. The van der Waals surface area contributed by atoms with Crippen molar-refractivity contribution < 1.29 is 0 Å². The minimum Gasteiger partial charge on any atom is -0.348 e. The van der Waals surface area contributed by atoms with Gasteiger partial charge in [-0.25, -0.2) is 9.97 Å². The predicted molar refractivity (Wildman–Crippen MR) is 113 cm³/mol. The molecule has 2 heterocycles. The topological polar surface area (TPSA) is 55.6 Å². The van der Waals surface area contributed by atoms with Crippen molar-refractivity contribution in [3.8, 4) is 5.82 Å². The smallest absolute Gasteiger partial charge is 0.225 e. The van der Waals surface area contributed by atoms with E-state index in [1.165, 1.54) is 16.3 Å². The maximum atomic E-state index is 4.69. The van der Waals surface area contributed by atoms with Crippen LogP contribution in [0, 0.1) is 0 Å². The SMILES string of the molecule is C[C@H](Nc1nccc(-n2cnc3ccccc32)n1)c1ccc2ccccc2c1. The lowest BCUT2D eigenvalue weighted by molar-refractivity contribution is 0.855. The molecule has 0 saturated carbocycles. The second-order valence-electron chi connectivity index (χ2n) is 6.81. The second kappa shape index (κ2) is 6.78. The zero-order chi connectivity index (χ0) is 18.9. The summed E-state index contributed by atoms with van der Waals surface area (Å²) < 4.78 is 1.98. The summed E-state index contributed by atoms with van der Waals surface area (Å²) in [5.74, 6) is 1.38. The number of nitrogens with zero attached hydrogens (tertiary/aromatic N) is 4. The number of para-hydroxylation sites is 2. The first-order chi connectivity index (χ1) is 13.8. The van der Waals surface area contributed by atoms with Gasteiger partial charge in [-0.3, -0.25) is 4.57 Å². The van der Waals surface area contributed by atoms with E-state index in [9.17, 15) is 0 Å². The Morgan fingerprint density at radius 1 is 0.857 bits per heavy atom. The third-order valence-corrected chi connectivity index (χ3v) is 4.96. The van der Waals surface area contributed by atoms with Gasteiger partial charge in [0.05, 0.1) is 17.1 Å². The zero-order valence-corrected chi connectivity index (χ0v) is 15.4. The van der Waals surface area contributed by atoms with Crippen LogP contribution in [0.3, 0.4) is 0 Å². The molecule has 0 aliphatic carbocycles. The summed E-state index contributed by atoms with van der Waals surface area (Å²) >= 11 is 0. The minimum absolute atomic E-state index is 0.0828. The number of hydrogen-bond acceptors (Lipinski definition) is 4. The largest absolute Gasteiger partial charge is 0.348 e. The van der Waals surface area contributed by atoms with Gasteiger partial charge < -0.3 is 5.32 Å². The van der Waals surface area contributed by atoms with E-state index >= 15 is 0 Å². The van der Waals surface area contributed by atoms with Crippen molar-refractivity contribution in [2.45, 2.75) is 13.0 Å². The van der Waals surface area contributed by atoms with Crippen LogP contribution >= 0.6 is 0 Å². The predicted octanol–water partition coefficient (Wildman–Crippen LogP) is 5.14. The van der Waals surface area contributed by atoms with Gasteiger partial charge in [0, 0.05) is 6.20 Å². The fraction of sp³-hybridized carbons (Fsp3) is 0.0870. The average Bonchev–Trinajstić information content (AvgIpc) is 3.18. The molecular weight excluding hydrogens is 346 g/mol. The molecule has 136 valence electrons. The number of nitrogens with one attached hydrogen (secondary N) is 1. The molecule has 5 nitrogen and oxygen atoms in total. The molecule has 0 fully saturated rings. The molecule has 0 spiro atoms.